The molecular weight excluding hydrogens is 244 g/mol. The van der Waals surface area contributed by atoms with Gasteiger partial charge in [-0.1, -0.05) is 19.1 Å². The molecule has 5 nitrogen and oxygen atoms in total. The van der Waals surface area contributed by atoms with Gasteiger partial charge in [0.2, 0.25) is 0 Å². The number of benzene rings is 1. The molecule has 0 unspecified atom stereocenters. The lowest BCUT2D eigenvalue weighted by Crippen LogP contribution is -2.13. The zero-order valence-electron chi connectivity index (χ0n) is 11.2. The van der Waals surface area contributed by atoms with Gasteiger partial charge in [-0.2, -0.15) is 4.98 Å². The highest BCUT2D eigenvalue weighted by Gasteiger charge is 2.09. The molecule has 0 saturated carbocycles. The molecule has 0 atom stereocenters. The molecule has 0 aliphatic heterocycles. The first kappa shape index (κ1) is 13.4. The maximum atomic E-state index is 5.56. The highest BCUT2D eigenvalue weighted by atomic mass is 16.6. The van der Waals surface area contributed by atoms with E-state index in [1.54, 1.807) is 19.4 Å². The lowest BCUT2D eigenvalue weighted by atomic mass is 10.3. The first-order valence-corrected chi connectivity index (χ1v) is 6.29. The Morgan fingerprint density at radius 1 is 1.26 bits per heavy atom. The molecule has 0 saturated heterocycles. The Hall–Kier alpha value is -2.01. The van der Waals surface area contributed by atoms with Crippen LogP contribution in [0.5, 0.6) is 17.6 Å². The molecule has 102 valence electrons. The molecule has 0 bridgehead atoms. The Labute approximate surface area is 112 Å². The molecular formula is C14H18N2O3. The summed E-state index contributed by atoms with van der Waals surface area (Å²) in [5, 5.41) is 3.25. The van der Waals surface area contributed by atoms with Crippen molar-refractivity contribution in [3.63, 3.8) is 0 Å². The molecule has 2 aromatic rings. The quantitative estimate of drug-likeness (QED) is 0.777. The van der Waals surface area contributed by atoms with E-state index in [0.717, 1.165) is 18.7 Å². The summed E-state index contributed by atoms with van der Waals surface area (Å²) in [4.78, 5) is 4.25. The van der Waals surface area contributed by atoms with E-state index in [9.17, 15) is 0 Å². The van der Waals surface area contributed by atoms with Gasteiger partial charge in [-0.3, -0.25) is 0 Å². The normalized spacial score (nSPS) is 10.4. The third kappa shape index (κ3) is 3.72. The number of nitrogens with zero attached hydrogens (tertiary/aromatic N) is 1. The molecule has 0 aliphatic carbocycles. The Balaban J connectivity index is 1.99. The molecule has 1 heterocycles. The number of nitrogens with one attached hydrogen (secondary N) is 1. The summed E-state index contributed by atoms with van der Waals surface area (Å²) in [6, 6.07) is 7.37. The van der Waals surface area contributed by atoms with Crippen molar-refractivity contribution in [2.45, 2.75) is 19.9 Å². The number of ether oxygens (including phenoxy) is 2. The molecule has 0 fully saturated rings. The van der Waals surface area contributed by atoms with E-state index in [2.05, 4.69) is 17.2 Å². The van der Waals surface area contributed by atoms with Crippen LogP contribution in [0.3, 0.4) is 0 Å². The Bertz CT molecular complexity index is 511. The number of rotatable bonds is 7. The topological polar surface area (TPSA) is 56.5 Å². The van der Waals surface area contributed by atoms with Gasteiger partial charge in [-0.25, -0.2) is 0 Å². The van der Waals surface area contributed by atoms with E-state index in [-0.39, 0.29) is 6.08 Å². The molecule has 0 radical (unpaired) electrons. The van der Waals surface area contributed by atoms with Crippen molar-refractivity contribution >= 4 is 0 Å². The van der Waals surface area contributed by atoms with Gasteiger partial charge < -0.3 is 19.2 Å². The van der Waals surface area contributed by atoms with E-state index in [1.165, 1.54) is 0 Å². The molecule has 0 spiro atoms. The number of hydrogen-bond donors (Lipinski definition) is 1. The monoisotopic (exact) mass is 262 g/mol. The van der Waals surface area contributed by atoms with Crippen molar-refractivity contribution in [3.8, 4) is 17.6 Å². The highest BCUT2D eigenvalue weighted by molar-refractivity contribution is 5.40. The second kappa shape index (κ2) is 6.80. The lowest BCUT2D eigenvalue weighted by molar-refractivity contribution is 0.310. The zero-order valence-corrected chi connectivity index (χ0v) is 11.2. The highest BCUT2D eigenvalue weighted by Crippen LogP contribution is 2.30. The van der Waals surface area contributed by atoms with E-state index in [1.807, 2.05) is 18.2 Å². The van der Waals surface area contributed by atoms with Crippen LogP contribution in [0.2, 0.25) is 0 Å². The minimum absolute atomic E-state index is 0.220. The van der Waals surface area contributed by atoms with Gasteiger partial charge in [-0.15, -0.1) is 0 Å². The van der Waals surface area contributed by atoms with Crippen LogP contribution in [-0.2, 0) is 6.54 Å². The predicted octanol–water partition coefficient (Wildman–Crippen LogP) is 2.98. The van der Waals surface area contributed by atoms with Crippen LogP contribution < -0.4 is 14.8 Å². The van der Waals surface area contributed by atoms with Crippen molar-refractivity contribution in [3.05, 3.63) is 36.2 Å². The van der Waals surface area contributed by atoms with Gasteiger partial charge in [0.15, 0.2) is 11.5 Å². The summed E-state index contributed by atoms with van der Waals surface area (Å²) in [5.74, 6) is 1.23. The van der Waals surface area contributed by atoms with Gasteiger partial charge in [0.05, 0.1) is 12.8 Å². The third-order valence-electron chi connectivity index (χ3n) is 2.53. The van der Waals surface area contributed by atoms with Gasteiger partial charge >= 0.3 is 6.08 Å². The average molecular weight is 262 g/mol. The van der Waals surface area contributed by atoms with Gasteiger partial charge in [0.1, 0.15) is 6.26 Å². The van der Waals surface area contributed by atoms with Crippen LogP contribution in [0.25, 0.3) is 0 Å². The Morgan fingerprint density at radius 2 is 2.05 bits per heavy atom. The van der Waals surface area contributed by atoms with Crippen LogP contribution in [0.15, 0.2) is 34.9 Å². The summed E-state index contributed by atoms with van der Waals surface area (Å²) < 4.78 is 16.0. The van der Waals surface area contributed by atoms with Crippen molar-refractivity contribution < 1.29 is 13.9 Å². The molecule has 1 N–H and O–H groups in total. The third-order valence-corrected chi connectivity index (χ3v) is 2.53. The molecule has 0 aliphatic rings. The van der Waals surface area contributed by atoms with Crippen LogP contribution >= 0.6 is 0 Å². The largest absolute Gasteiger partial charge is 0.493 e. The van der Waals surface area contributed by atoms with Crippen molar-refractivity contribution in [2.24, 2.45) is 0 Å². The SMILES string of the molecule is CCCNCc1coc(Oc2ccccc2OC)n1. The smallest absolute Gasteiger partial charge is 0.399 e. The number of methoxy groups -OCH3 is 1. The summed E-state index contributed by atoms with van der Waals surface area (Å²) in [6.07, 6.45) is 2.90. The van der Waals surface area contributed by atoms with E-state index in [0.29, 0.717) is 18.0 Å². The fourth-order valence-corrected chi connectivity index (χ4v) is 1.61. The summed E-state index contributed by atoms with van der Waals surface area (Å²) >= 11 is 0. The maximum Gasteiger partial charge on any atom is 0.399 e. The van der Waals surface area contributed by atoms with Crippen molar-refractivity contribution in [1.29, 1.82) is 0 Å². The molecule has 1 aromatic carbocycles. The van der Waals surface area contributed by atoms with Crippen molar-refractivity contribution in [1.82, 2.24) is 10.3 Å². The van der Waals surface area contributed by atoms with Crippen LogP contribution in [0.1, 0.15) is 19.0 Å². The number of hydrogen-bond acceptors (Lipinski definition) is 5. The standard InChI is InChI=1S/C14H18N2O3/c1-3-8-15-9-11-10-18-14(16-11)19-13-7-5-4-6-12(13)17-2/h4-7,10,15H,3,8-9H2,1-2H3. The Kier molecular flexibility index (Phi) is 4.80. The molecule has 0 amide bonds. The van der Waals surface area contributed by atoms with Gasteiger partial charge in [0.25, 0.3) is 0 Å². The predicted molar refractivity (Wildman–Crippen MR) is 71.6 cm³/mol. The van der Waals surface area contributed by atoms with Crippen LogP contribution in [-0.4, -0.2) is 18.6 Å². The summed E-state index contributed by atoms with van der Waals surface area (Å²) in [7, 11) is 1.60. The average Bonchev–Trinajstić information content (AvgIpc) is 2.87. The van der Waals surface area contributed by atoms with E-state index >= 15 is 0 Å². The first-order valence-electron chi connectivity index (χ1n) is 6.29. The molecule has 1 aromatic heterocycles. The second-order valence-electron chi connectivity index (χ2n) is 4.03. The number of para-hydroxylation sites is 2. The molecule has 5 heteroatoms. The fraction of sp³-hybridized carbons (Fsp3) is 0.357. The second-order valence-corrected chi connectivity index (χ2v) is 4.03. The fourth-order valence-electron chi connectivity index (χ4n) is 1.61. The zero-order chi connectivity index (χ0) is 13.5. The van der Waals surface area contributed by atoms with Crippen LogP contribution in [0, 0.1) is 0 Å². The van der Waals surface area contributed by atoms with Gasteiger partial charge in [0, 0.05) is 6.54 Å². The van der Waals surface area contributed by atoms with Gasteiger partial charge in [-0.05, 0) is 25.1 Å². The summed E-state index contributed by atoms with van der Waals surface area (Å²) in [5.41, 5.74) is 0.818. The van der Waals surface area contributed by atoms with E-state index in [4.69, 9.17) is 13.9 Å². The maximum absolute atomic E-state index is 5.56. The molecule has 19 heavy (non-hydrogen) atoms. The first-order chi connectivity index (χ1) is 9.33. The van der Waals surface area contributed by atoms with E-state index < -0.39 is 0 Å². The number of oxazole rings is 1. The van der Waals surface area contributed by atoms with Crippen molar-refractivity contribution in [2.75, 3.05) is 13.7 Å². The number of aromatic nitrogens is 1. The minimum atomic E-state index is 0.220. The molecule has 2 rings (SSSR count). The minimum Gasteiger partial charge on any atom is -0.493 e. The van der Waals surface area contributed by atoms with Crippen LogP contribution in [0.4, 0.5) is 0 Å². The Morgan fingerprint density at radius 3 is 2.79 bits per heavy atom. The summed E-state index contributed by atoms with van der Waals surface area (Å²) in [6.45, 7) is 3.74. The lowest BCUT2D eigenvalue weighted by Gasteiger charge is -2.06.